The molecule has 1 radical (unpaired) electrons. The molecule has 2 rings (SSSR count). The molecule has 0 nitrogen and oxygen atoms in total. The Bertz CT molecular complexity index is 138. The molecule has 55 valence electrons. The molecule has 1 atom stereocenters. The van der Waals surface area contributed by atoms with Crippen molar-refractivity contribution in [3.63, 3.8) is 0 Å². The van der Waals surface area contributed by atoms with Gasteiger partial charge in [-0.15, -0.1) is 0 Å². The third-order valence-electron chi connectivity index (χ3n) is 2.86. The van der Waals surface area contributed by atoms with E-state index in [1.54, 1.807) is 0 Å². The topological polar surface area (TPSA) is 0 Å². The van der Waals surface area contributed by atoms with Gasteiger partial charge in [-0.1, -0.05) is 18.6 Å². The van der Waals surface area contributed by atoms with Crippen molar-refractivity contribution in [3.05, 3.63) is 18.6 Å². The molecule has 1 spiro atoms. The van der Waals surface area contributed by atoms with Gasteiger partial charge in [-0.2, -0.15) is 0 Å². The first kappa shape index (κ1) is 6.45. The van der Waals surface area contributed by atoms with Crippen LogP contribution in [0.1, 0.15) is 38.5 Å². The molecule has 1 saturated carbocycles. The maximum atomic E-state index is 2.53. The van der Waals surface area contributed by atoms with Gasteiger partial charge in [-0.3, -0.25) is 0 Å². The molecule has 0 aliphatic heterocycles. The van der Waals surface area contributed by atoms with Crippen LogP contribution in [-0.4, -0.2) is 0 Å². The van der Waals surface area contributed by atoms with E-state index in [0.29, 0.717) is 5.41 Å². The summed E-state index contributed by atoms with van der Waals surface area (Å²) in [5.41, 5.74) is 0.568. The van der Waals surface area contributed by atoms with Crippen LogP contribution >= 0.6 is 0 Å². The van der Waals surface area contributed by atoms with Gasteiger partial charge < -0.3 is 0 Å². The molecule has 0 heteroatoms. The Hall–Kier alpha value is -0.260. The number of rotatable bonds is 0. The van der Waals surface area contributed by atoms with Gasteiger partial charge in [-0.05, 0) is 43.9 Å². The molecule has 0 amide bonds. The minimum absolute atomic E-state index is 0.568. The van der Waals surface area contributed by atoms with Crippen LogP contribution in [0.5, 0.6) is 0 Å². The first-order chi connectivity index (χ1) is 4.91. The molecule has 10 heavy (non-hydrogen) atoms. The third kappa shape index (κ3) is 1.00. The molecular formula is C10H15. The van der Waals surface area contributed by atoms with Crippen molar-refractivity contribution >= 4 is 0 Å². The Kier molecular flexibility index (Phi) is 1.55. The molecule has 0 aromatic carbocycles. The Morgan fingerprint density at radius 3 is 2.40 bits per heavy atom. The summed E-state index contributed by atoms with van der Waals surface area (Å²) >= 11 is 0. The van der Waals surface area contributed by atoms with Crippen LogP contribution in [0.15, 0.2) is 12.2 Å². The zero-order valence-corrected chi connectivity index (χ0v) is 6.47. The molecule has 0 N–H and O–H groups in total. The van der Waals surface area contributed by atoms with E-state index in [-0.39, 0.29) is 0 Å². The zero-order valence-electron chi connectivity index (χ0n) is 6.47. The Morgan fingerprint density at radius 1 is 1.00 bits per heavy atom. The minimum atomic E-state index is 0.568. The summed E-state index contributed by atoms with van der Waals surface area (Å²) in [6.07, 6.45) is 15.7. The van der Waals surface area contributed by atoms with Crippen molar-refractivity contribution in [2.24, 2.45) is 5.41 Å². The lowest BCUT2D eigenvalue weighted by Gasteiger charge is -2.27. The molecule has 1 unspecified atom stereocenters. The van der Waals surface area contributed by atoms with Crippen molar-refractivity contribution in [1.29, 1.82) is 0 Å². The summed E-state index contributed by atoms with van der Waals surface area (Å²) in [5, 5.41) is 0. The molecule has 0 saturated heterocycles. The van der Waals surface area contributed by atoms with Crippen LogP contribution < -0.4 is 0 Å². The second-order valence-corrected chi connectivity index (χ2v) is 3.62. The van der Waals surface area contributed by atoms with Crippen molar-refractivity contribution < 1.29 is 0 Å². The number of hydrogen-bond acceptors (Lipinski definition) is 0. The van der Waals surface area contributed by atoms with Crippen molar-refractivity contribution in [2.75, 3.05) is 0 Å². The lowest BCUT2D eigenvalue weighted by molar-refractivity contribution is 0.398. The van der Waals surface area contributed by atoms with Crippen LogP contribution in [0.3, 0.4) is 0 Å². The van der Waals surface area contributed by atoms with Crippen molar-refractivity contribution in [2.45, 2.75) is 38.5 Å². The van der Waals surface area contributed by atoms with Gasteiger partial charge in [0.15, 0.2) is 0 Å². The zero-order chi connectivity index (χ0) is 6.86. The summed E-state index contributed by atoms with van der Waals surface area (Å²) in [6, 6.07) is 0. The SMILES string of the molecule is [CH]1CCCC12C=CCCC2. The molecule has 2 aliphatic rings. The summed E-state index contributed by atoms with van der Waals surface area (Å²) < 4.78 is 0. The van der Waals surface area contributed by atoms with E-state index in [4.69, 9.17) is 0 Å². The highest BCUT2D eigenvalue weighted by Crippen LogP contribution is 2.44. The summed E-state index contributed by atoms with van der Waals surface area (Å²) in [7, 11) is 0. The van der Waals surface area contributed by atoms with Gasteiger partial charge in [0.2, 0.25) is 0 Å². The fourth-order valence-corrected chi connectivity index (χ4v) is 2.25. The van der Waals surface area contributed by atoms with E-state index >= 15 is 0 Å². The van der Waals surface area contributed by atoms with Crippen LogP contribution in [0.2, 0.25) is 0 Å². The molecular weight excluding hydrogens is 120 g/mol. The highest BCUT2D eigenvalue weighted by molar-refractivity contribution is 5.13. The lowest BCUT2D eigenvalue weighted by atomic mass is 9.78. The maximum Gasteiger partial charge on any atom is -0.00869 e. The van der Waals surface area contributed by atoms with Crippen LogP contribution in [0, 0.1) is 11.8 Å². The summed E-state index contributed by atoms with van der Waals surface area (Å²) in [5.74, 6) is 0. The number of hydrogen-bond donors (Lipinski definition) is 0. The predicted molar refractivity (Wildman–Crippen MR) is 43.6 cm³/mol. The Labute approximate surface area is 63.3 Å². The maximum absolute atomic E-state index is 2.53. The number of allylic oxidation sites excluding steroid dienone is 2. The normalized spacial score (nSPS) is 29.6. The average Bonchev–Trinajstić information content (AvgIpc) is 2.39. The van der Waals surface area contributed by atoms with Gasteiger partial charge >= 0.3 is 0 Å². The highest BCUT2D eigenvalue weighted by Gasteiger charge is 2.31. The van der Waals surface area contributed by atoms with Gasteiger partial charge in [-0.25, -0.2) is 0 Å². The second-order valence-electron chi connectivity index (χ2n) is 3.62. The van der Waals surface area contributed by atoms with Crippen LogP contribution in [0.4, 0.5) is 0 Å². The quantitative estimate of drug-likeness (QED) is 0.448. The van der Waals surface area contributed by atoms with E-state index in [0.717, 1.165) is 0 Å². The fraction of sp³-hybridized carbons (Fsp3) is 0.700. The molecule has 0 aromatic heterocycles. The second kappa shape index (κ2) is 2.41. The van der Waals surface area contributed by atoms with E-state index < -0.39 is 0 Å². The monoisotopic (exact) mass is 135 g/mol. The Morgan fingerprint density at radius 2 is 1.80 bits per heavy atom. The van der Waals surface area contributed by atoms with Gasteiger partial charge in [0.1, 0.15) is 0 Å². The van der Waals surface area contributed by atoms with Crippen LogP contribution in [-0.2, 0) is 0 Å². The van der Waals surface area contributed by atoms with Crippen molar-refractivity contribution in [1.82, 2.24) is 0 Å². The average molecular weight is 135 g/mol. The van der Waals surface area contributed by atoms with E-state index in [1.807, 2.05) is 0 Å². The van der Waals surface area contributed by atoms with E-state index in [9.17, 15) is 0 Å². The largest absolute Gasteiger partial charge is 0.0880 e. The first-order valence-corrected chi connectivity index (χ1v) is 4.43. The van der Waals surface area contributed by atoms with Crippen LogP contribution in [0.25, 0.3) is 0 Å². The van der Waals surface area contributed by atoms with Crippen molar-refractivity contribution in [3.8, 4) is 0 Å². The molecule has 0 bridgehead atoms. The van der Waals surface area contributed by atoms with E-state index in [2.05, 4.69) is 18.6 Å². The smallest absolute Gasteiger partial charge is 0.00869 e. The lowest BCUT2D eigenvalue weighted by Crippen LogP contribution is -2.15. The highest BCUT2D eigenvalue weighted by atomic mass is 14.4. The third-order valence-corrected chi connectivity index (χ3v) is 2.86. The van der Waals surface area contributed by atoms with Gasteiger partial charge in [0.25, 0.3) is 0 Å². The predicted octanol–water partition coefficient (Wildman–Crippen LogP) is 3.10. The Balaban J connectivity index is 2.11. The molecule has 0 heterocycles. The minimum Gasteiger partial charge on any atom is -0.0880 e. The fourth-order valence-electron chi connectivity index (χ4n) is 2.25. The van der Waals surface area contributed by atoms with Gasteiger partial charge in [0, 0.05) is 0 Å². The standard InChI is InChI=1S/C10H15/c1-2-6-10(7-3-1)8-4-5-9-10/h2,6,8H,1,3-5,7,9H2. The summed E-state index contributed by atoms with van der Waals surface area (Å²) in [6.45, 7) is 0. The molecule has 2 aliphatic carbocycles. The van der Waals surface area contributed by atoms with E-state index in [1.165, 1.54) is 38.5 Å². The van der Waals surface area contributed by atoms with Gasteiger partial charge in [0.05, 0.1) is 0 Å². The molecule has 1 fully saturated rings. The molecule has 0 aromatic rings. The summed E-state index contributed by atoms with van der Waals surface area (Å²) in [4.78, 5) is 0. The first-order valence-electron chi connectivity index (χ1n) is 4.43.